The molecule has 0 bridgehead atoms. The average Bonchev–Trinajstić information content (AvgIpc) is 2.77. The van der Waals surface area contributed by atoms with Crippen LogP contribution in [0.5, 0.6) is 0 Å². The molecule has 1 fully saturated rings. The van der Waals surface area contributed by atoms with Crippen molar-refractivity contribution < 1.29 is 23.0 Å². The minimum absolute atomic E-state index is 0.0414. The number of rotatable bonds is 8. The molecule has 3 nitrogen and oxygen atoms in total. The van der Waals surface area contributed by atoms with Gasteiger partial charge in [-0.1, -0.05) is 12.8 Å². The number of hydrogen-bond acceptors (Lipinski definition) is 3. The molecule has 0 heterocycles. The highest BCUT2D eigenvalue weighted by atomic mass is 19.4. The Labute approximate surface area is 106 Å². The fraction of sp³-hybridized carbons (Fsp3) is 1.00. The standard InChI is InChI=1S/C12H22F3NO2/c13-12(14,15)6-3-7-16-8-10(17)9-18-11-4-1-2-5-11/h10-11,16-17H,1-9H2. The van der Waals surface area contributed by atoms with Gasteiger partial charge in [-0.3, -0.25) is 0 Å². The van der Waals surface area contributed by atoms with Crippen molar-refractivity contribution in [2.24, 2.45) is 0 Å². The number of nitrogens with one attached hydrogen (secondary N) is 1. The second kappa shape index (κ2) is 7.96. The molecular formula is C12H22F3NO2. The smallest absolute Gasteiger partial charge is 0.389 e. The van der Waals surface area contributed by atoms with Gasteiger partial charge in [0.15, 0.2) is 0 Å². The van der Waals surface area contributed by atoms with Gasteiger partial charge in [0.05, 0.1) is 18.8 Å². The monoisotopic (exact) mass is 269 g/mol. The summed E-state index contributed by atoms with van der Waals surface area (Å²) >= 11 is 0. The summed E-state index contributed by atoms with van der Waals surface area (Å²) in [6, 6.07) is 0. The maximum absolute atomic E-state index is 11.8. The van der Waals surface area contributed by atoms with Crippen LogP contribution in [-0.4, -0.2) is 43.2 Å². The third kappa shape index (κ3) is 7.89. The van der Waals surface area contributed by atoms with E-state index in [0.717, 1.165) is 12.8 Å². The first kappa shape index (κ1) is 15.7. The highest BCUT2D eigenvalue weighted by Gasteiger charge is 2.25. The van der Waals surface area contributed by atoms with Crippen molar-refractivity contribution in [2.45, 2.75) is 56.9 Å². The summed E-state index contributed by atoms with van der Waals surface area (Å²) in [5, 5.41) is 12.4. The van der Waals surface area contributed by atoms with E-state index < -0.39 is 18.7 Å². The zero-order chi connectivity index (χ0) is 13.4. The lowest BCUT2D eigenvalue weighted by molar-refractivity contribution is -0.135. The number of hydrogen-bond donors (Lipinski definition) is 2. The molecule has 0 aliphatic heterocycles. The Kier molecular flexibility index (Phi) is 6.96. The first-order valence-electron chi connectivity index (χ1n) is 6.54. The molecule has 1 aliphatic carbocycles. The number of ether oxygens (including phenoxy) is 1. The fourth-order valence-corrected chi connectivity index (χ4v) is 2.04. The molecule has 18 heavy (non-hydrogen) atoms. The predicted octanol–water partition coefficient (Wildman–Crippen LogP) is 2.24. The van der Waals surface area contributed by atoms with Crippen LogP contribution >= 0.6 is 0 Å². The van der Waals surface area contributed by atoms with E-state index >= 15 is 0 Å². The first-order valence-corrected chi connectivity index (χ1v) is 6.54. The summed E-state index contributed by atoms with van der Waals surface area (Å²) in [5.41, 5.74) is 0. The van der Waals surface area contributed by atoms with Crippen LogP contribution in [-0.2, 0) is 4.74 Å². The Hall–Kier alpha value is -0.330. The molecule has 1 rings (SSSR count). The molecule has 108 valence electrons. The molecule has 0 radical (unpaired) electrons. The second-order valence-corrected chi connectivity index (χ2v) is 4.82. The first-order chi connectivity index (χ1) is 8.47. The van der Waals surface area contributed by atoms with Gasteiger partial charge in [0.25, 0.3) is 0 Å². The number of halogens is 3. The maximum Gasteiger partial charge on any atom is 0.389 e. The SMILES string of the molecule is OC(CNCCCC(F)(F)F)COC1CCCC1. The van der Waals surface area contributed by atoms with Crippen molar-refractivity contribution in [3.63, 3.8) is 0 Å². The van der Waals surface area contributed by atoms with Gasteiger partial charge < -0.3 is 15.2 Å². The maximum atomic E-state index is 11.8. The summed E-state index contributed by atoms with van der Waals surface area (Å²) in [7, 11) is 0. The summed E-state index contributed by atoms with van der Waals surface area (Å²) < 4.78 is 41.0. The van der Waals surface area contributed by atoms with Crippen LogP contribution in [0, 0.1) is 0 Å². The zero-order valence-corrected chi connectivity index (χ0v) is 10.5. The molecule has 0 aromatic heterocycles. The molecule has 0 aromatic rings. The Morgan fingerprint density at radius 2 is 1.94 bits per heavy atom. The van der Waals surface area contributed by atoms with Crippen LogP contribution in [0.25, 0.3) is 0 Å². The van der Waals surface area contributed by atoms with Gasteiger partial charge >= 0.3 is 6.18 Å². The molecule has 1 atom stereocenters. The van der Waals surface area contributed by atoms with E-state index in [1.54, 1.807) is 0 Å². The normalized spacial score (nSPS) is 19.3. The third-order valence-corrected chi connectivity index (χ3v) is 3.02. The molecule has 0 aromatic carbocycles. The van der Waals surface area contributed by atoms with Gasteiger partial charge in [-0.05, 0) is 25.8 Å². The zero-order valence-electron chi connectivity index (χ0n) is 10.5. The number of alkyl halides is 3. The number of aliphatic hydroxyl groups excluding tert-OH is 1. The topological polar surface area (TPSA) is 41.5 Å². The Bertz CT molecular complexity index is 218. The van der Waals surface area contributed by atoms with E-state index in [1.165, 1.54) is 12.8 Å². The van der Waals surface area contributed by atoms with E-state index in [9.17, 15) is 18.3 Å². The molecule has 2 N–H and O–H groups in total. The van der Waals surface area contributed by atoms with Gasteiger partial charge in [0.1, 0.15) is 0 Å². The fourth-order valence-electron chi connectivity index (χ4n) is 2.04. The molecule has 6 heteroatoms. The van der Waals surface area contributed by atoms with Gasteiger partial charge in [-0.2, -0.15) is 13.2 Å². The van der Waals surface area contributed by atoms with E-state index in [1.807, 2.05) is 0 Å². The Balaban J connectivity index is 1.91. The minimum Gasteiger partial charge on any atom is -0.389 e. The molecule has 0 saturated heterocycles. The highest BCUT2D eigenvalue weighted by molar-refractivity contribution is 4.68. The Morgan fingerprint density at radius 1 is 1.28 bits per heavy atom. The molecule has 1 unspecified atom stereocenters. The summed E-state index contributed by atoms with van der Waals surface area (Å²) in [6.45, 7) is 0.807. The second-order valence-electron chi connectivity index (χ2n) is 4.82. The molecule has 1 saturated carbocycles. The van der Waals surface area contributed by atoms with Gasteiger partial charge in [-0.15, -0.1) is 0 Å². The van der Waals surface area contributed by atoms with Gasteiger partial charge in [0, 0.05) is 13.0 Å². The average molecular weight is 269 g/mol. The summed E-state index contributed by atoms with van der Waals surface area (Å²) in [5.74, 6) is 0. The van der Waals surface area contributed by atoms with Crippen LogP contribution in [0.4, 0.5) is 13.2 Å². The van der Waals surface area contributed by atoms with Crippen LogP contribution in [0.1, 0.15) is 38.5 Å². The van der Waals surface area contributed by atoms with E-state index in [4.69, 9.17) is 4.74 Å². The highest BCUT2D eigenvalue weighted by Crippen LogP contribution is 2.21. The van der Waals surface area contributed by atoms with E-state index in [-0.39, 0.29) is 32.2 Å². The molecule has 0 spiro atoms. The molecule has 1 aliphatic rings. The molecular weight excluding hydrogens is 247 g/mol. The van der Waals surface area contributed by atoms with Crippen molar-refractivity contribution in [3.8, 4) is 0 Å². The van der Waals surface area contributed by atoms with Crippen molar-refractivity contribution in [1.29, 1.82) is 0 Å². The van der Waals surface area contributed by atoms with Crippen molar-refractivity contribution in [3.05, 3.63) is 0 Å². The van der Waals surface area contributed by atoms with Crippen LogP contribution in [0.15, 0.2) is 0 Å². The third-order valence-electron chi connectivity index (χ3n) is 3.02. The van der Waals surface area contributed by atoms with Crippen molar-refractivity contribution in [1.82, 2.24) is 5.32 Å². The van der Waals surface area contributed by atoms with E-state index in [0.29, 0.717) is 0 Å². The van der Waals surface area contributed by atoms with E-state index in [2.05, 4.69) is 5.32 Å². The molecule has 0 amide bonds. The lowest BCUT2D eigenvalue weighted by Gasteiger charge is -2.16. The van der Waals surface area contributed by atoms with Crippen LogP contribution in [0.2, 0.25) is 0 Å². The number of aliphatic hydroxyl groups is 1. The largest absolute Gasteiger partial charge is 0.389 e. The van der Waals surface area contributed by atoms with Crippen LogP contribution < -0.4 is 5.32 Å². The van der Waals surface area contributed by atoms with Crippen molar-refractivity contribution >= 4 is 0 Å². The van der Waals surface area contributed by atoms with Crippen LogP contribution in [0.3, 0.4) is 0 Å². The minimum atomic E-state index is -4.09. The summed E-state index contributed by atoms with van der Waals surface area (Å²) in [4.78, 5) is 0. The summed E-state index contributed by atoms with van der Waals surface area (Å²) in [6.07, 6.45) is -0.772. The lowest BCUT2D eigenvalue weighted by Crippen LogP contribution is -2.32. The quantitative estimate of drug-likeness (QED) is 0.664. The van der Waals surface area contributed by atoms with Gasteiger partial charge in [-0.25, -0.2) is 0 Å². The Morgan fingerprint density at radius 3 is 2.56 bits per heavy atom. The van der Waals surface area contributed by atoms with Crippen molar-refractivity contribution in [2.75, 3.05) is 19.7 Å². The predicted molar refractivity (Wildman–Crippen MR) is 62.4 cm³/mol. The lowest BCUT2D eigenvalue weighted by atomic mass is 10.3. The van der Waals surface area contributed by atoms with Gasteiger partial charge in [0.2, 0.25) is 0 Å².